The van der Waals surface area contributed by atoms with Crippen LogP contribution in [0.15, 0.2) is 30.3 Å². The molecule has 0 unspecified atom stereocenters. The van der Waals surface area contributed by atoms with Crippen LogP contribution in [0.5, 0.6) is 0 Å². The van der Waals surface area contributed by atoms with E-state index in [1.165, 1.54) is 12.0 Å². The number of hydrogen-bond donors (Lipinski definition) is 4. The Labute approximate surface area is 175 Å². The second-order valence-electron chi connectivity index (χ2n) is 8.43. The molecule has 6 nitrogen and oxygen atoms in total. The largest absolute Gasteiger partial charge is 0.356 e. The molecule has 0 heterocycles. The molecule has 1 saturated carbocycles. The molecule has 1 fully saturated rings. The molecular weight excluding hydrogens is 364 g/mol. The van der Waals surface area contributed by atoms with Crippen molar-refractivity contribution in [3.63, 3.8) is 0 Å². The summed E-state index contributed by atoms with van der Waals surface area (Å²) in [5.41, 5.74) is 12.6. The van der Waals surface area contributed by atoms with Crippen molar-refractivity contribution in [1.29, 1.82) is 0 Å². The monoisotopic (exact) mass is 402 g/mol. The number of carbonyl (C=O) groups excluding carboxylic acids is 2. The van der Waals surface area contributed by atoms with Gasteiger partial charge in [0.25, 0.3) is 0 Å². The van der Waals surface area contributed by atoms with E-state index in [1.54, 1.807) is 0 Å². The summed E-state index contributed by atoms with van der Waals surface area (Å²) >= 11 is 0. The second kappa shape index (κ2) is 12.6. The molecule has 6 N–H and O–H groups in total. The van der Waals surface area contributed by atoms with Gasteiger partial charge in [0.15, 0.2) is 0 Å². The minimum absolute atomic E-state index is 0.0734. The van der Waals surface area contributed by atoms with E-state index in [1.807, 2.05) is 18.2 Å². The molecule has 0 aliphatic heterocycles. The molecule has 0 aromatic heterocycles. The van der Waals surface area contributed by atoms with Gasteiger partial charge in [-0.1, -0.05) is 56.0 Å². The van der Waals surface area contributed by atoms with Gasteiger partial charge in [-0.2, -0.15) is 0 Å². The van der Waals surface area contributed by atoms with Gasteiger partial charge in [0.1, 0.15) is 0 Å². The van der Waals surface area contributed by atoms with E-state index in [-0.39, 0.29) is 17.2 Å². The lowest BCUT2D eigenvalue weighted by Crippen LogP contribution is -2.47. The SMILES string of the molecule is NCCCC[C@H](N)C(=O)NCC1(CC(=O)NCCc2ccccc2)CCCCC1. The third kappa shape index (κ3) is 8.54. The fourth-order valence-corrected chi connectivity index (χ4v) is 4.16. The normalized spacial score (nSPS) is 16.8. The predicted octanol–water partition coefficient (Wildman–Crippen LogP) is 2.26. The second-order valence-corrected chi connectivity index (χ2v) is 8.43. The van der Waals surface area contributed by atoms with Crippen LogP contribution in [-0.2, 0) is 16.0 Å². The minimum Gasteiger partial charge on any atom is -0.356 e. The van der Waals surface area contributed by atoms with E-state index in [2.05, 4.69) is 22.8 Å². The summed E-state index contributed by atoms with van der Waals surface area (Å²) in [5, 5.41) is 6.09. The summed E-state index contributed by atoms with van der Waals surface area (Å²) in [7, 11) is 0. The number of nitrogens with one attached hydrogen (secondary N) is 2. The molecular formula is C23H38N4O2. The van der Waals surface area contributed by atoms with Crippen molar-refractivity contribution in [2.75, 3.05) is 19.6 Å². The summed E-state index contributed by atoms with van der Waals surface area (Å²) in [4.78, 5) is 25.0. The van der Waals surface area contributed by atoms with Crippen molar-refractivity contribution in [1.82, 2.24) is 10.6 Å². The first-order valence-corrected chi connectivity index (χ1v) is 11.1. The Balaban J connectivity index is 1.80. The van der Waals surface area contributed by atoms with Crippen molar-refractivity contribution in [3.05, 3.63) is 35.9 Å². The summed E-state index contributed by atoms with van der Waals surface area (Å²) < 4.78 is 0. The maximum absolute atomic E-state index is 12.6. The van der Waals surface area contributed by atoms with E-state index >= 15 is 0 Å². The van der Waals surface area contributed by atoms with Crippen LogP contribution >= 0.6 is 0 Å². The molecule has 6 heteroatoms. The van der Waals surface area contributed by atoms with Gasteiger partial charge in [0, 0.05) is 19.5 Å². The maximum atomic E-state index is 12.6. The highest BCUT2D eigenvalue weighted by Gasteiger charge is 2.35. The molecule has 1 aromatic rings. The van der Waals surface area contributed by atoms with Gasteiger partial charge in [-0.05, 0) is 49.6 Å². The van der Waals surface area contributed by atoms with Crippen LogP contribution < -0.4 is 22.1 Å². The van der Waals surface area contributed by atoms with Gasteiger partial charge >= 0.3 is 0 Å². The van der Waals surface area contributed by atoms with Crippen molar-refractivity contribution >= 4 is 11.8 Å². The third-order valence-corrected chi connectivity index (χ3v) is 5.97. The minimum atomic E-state index is -0.498. The fraction of sp³-hybridized carbons (Fsp3) is 0.652. The summed E-state index contributed by atoms with van der Waals surface area (Å²) in [5.74, 6) is -0.0409. The third-order valence-electron chi connectivity index (χ3n) is 5.97. The highest BCUT2D eigenvalue weighted by atomic mass is 16.2. The number of amides is 2. The predicted molar refractivity (Wildman–Crippen MR) is 117 cm³/mol. The standard InChI is InChI=1S/C23H38N4O2/c24-15-8-5-11-20(25)22(29)27-18-23(13-6-2-7-14-23)17-21(28)26-16-12-19-9-3-1-4-10-19/h1,3-4,9-10,20H,2,5-8,11-18,24-25H2,(H,26,28)(H,27,29)/t20-/m0/s1. The lowest BCUT2D eigenvalue weighted by Gasteiger charge is -2.37. The molecule has 1 aromatic carbocycles. The van der Waals surface area contributed by atoms with Gasteiger partial charge < -0.3 is 22.1 Å². The molecule has 2 rings (SSSR count). The highest BCUT2D eigenvalue weighted by molar-refractivity contribution is 5.81. The quantitative estimate of drug-likeness (QED) is 0.402. The lowest BCUT2D eigenvalue weighted by molar-refractivity contribution is -0.126. The van der Waals surface area contributed by atoms with E-state index in [0.717, 1.165) is 44.9 Å². The van der Waals surface area contributed by atoms with Crippen molar-refractivity contribution in [3.8, 4) is 0 Å². The van der Waals surface area contributed by atoms with Crippen LogP contribution in [-0.4, -0.2) is 37.5 Å². The fourth-order valence-electron chi connectivity index (χ4n) is 4.16. The van der Waals surface area contributed by atoms with Crippen molar-refractivity contribution in [2.24, 2.45) is 16.9 Å². The average Bonchev–Trinajstić information content (AvgIpc) is 2.73. The molecule has 0 radical (unpaired) electrons. The first-order valence-electron chi connectivity index (χ1n) is 11.1. The average molecular weight is 403 g/mol. The van der Waals surface area contributed by atoms with E-state index in [0.29, 0.717) is 32.5 Å². The van der Waals surface area contributed by atoms with Crippen LogP contribution in [0.3, 0.4) is 0 Å². The Morgan fingerprint density at radius 1 is 1.03 bits per heavy atom. The first-order chi connectivity index (χ1) is 14.0. The number of carbonyl (C=O) groups is 2. The molecule has 162 valence electrons. The van der Waals surface area contributed by atoms with Crippen molar-refractivity contribution in [2.45, 2.75) is 70.3 Å². The summed E-state index contributed by atoms with van der Waals surface area (Å²) in [6.45, 7) is 1.79. The van der Waals surface area contributed by atoms with E-state index in [9.17, 15) is 9.59 Å². The van der Waals surface area contributed by atoms with Gasteiger partial charge in [-0.3, -0.25) is 9.59 Å². The Morgan fingerprint density at radius 2 is 1.76 bits per heavy atom. The zero-order chi connectivity index (χ0) is 21.0. The number of nitrogens with two attached hydrogens (primary N) is 2. The zero-order valence-corrected chi connectivity index (χ0v) is 17.6. The van der Waals surface area contributed by atoms with Crippen LogP contribution in [0.2, 0.25) is 0 Å². The van der Waals surface area contributed by atoms with Crippen LogP contribution in [0.25, 0.3) is 0 Å². The molecule has 0 spiro atoms. The molecule has 1 aliphatic carbocycles. The Morgan fingerprint density at radius 3 is 2.45 bits per heavy atom. The molecule has 0 saturated heterocycles. The number of unbranched alkanes of at least 4 members (excludes halogenated alkanes) is 1. The lowest BCUT2D eigenvalue weighted by atomic mass is 9.71. The van der Waals surface area contributed by atoms with E-state index < -0.39 is 6.04 Å². The van der Waals surface area contributed by atoms with Gasteiger partial charge in [0.2, 0.25) is 11.8 Å². The van der Waals surface area contributed by atoms with Crippen LogP contribution in [0.4, 0.5) is 0 Å². The van der Waals surface area contributed by atoms with E-state index in [4.69, 9.17) is 11.5 Å². The molecule has 1 aliphatic rings. The Hall–Kier alpha value is -1.92. The smallest absolute Gasteiger partial charge is 0.236 e. The van der Waals surface area contributed by atoms with Crippen molar-refractivity contribution < 1.29 is 9.59 Å². The van der Waals surface area contributed by atoms with Gasteiger partial charge in [-0.15, -0.1) is 0 Å². The first kappa shape index (κ1) is 23.4. The number of hydrogen-bond acceptors (Lipinski definition) is 4. The van der Waals surface area contributed by atoms with Gasteiger partial charge in [0.05, 0.1) is 6.04 Å². The van der Waals surface area contributed by atoms with Gasteiger partial charge in [-0.25, -0.2) is 0 Å². The topological polar surface area (TPSA) is 110 Å². The Bertz CT molecular complexity index is 615. The number of benzene rings is 1. The Kier molecular flexibility index (Phi) is 10.2. The molecule has 2 amide bonds. The maximum Gasteiger partial charge on any atom is 0.236 e. The summed E-state index contributed by atoms with van der Waals surface area (Å²) in [6, 6.07) is 9.66. The zero-order valence-electron chi connectivity index (χ0n) is 17.6. The molecule has 1 atom stereocenters. The summed E-state index contributed by atoms with van der Waals surface area (Å²) in [6.07, 6.45) is 9.04. The number of rotatable bonds is 12. The molecule has 0 bridgehead atoms. The van der Waals surface area contributed by atoms with Crippen LogP contribution in [0, 0.1) is 5.41 Å². The van der Waals surface area contributed by atoms with Crippen LogP contribution in [0.1, 0.15) is 63.4 Å². The highest BCUT2D eigenvalue weighted by Crippen LogP contribution is 2.38. The molecule has 29 heavy (non-hydrogen) atoms.